The second-order valence-electron chi connectivity index (χ2n) is 6.62. The van der Waals surface area contributed by atoms with Crippen molar-refractivity contribution in [1.82, 2.24) is 20.4 Å². The molecule has 2 fully saturated rings. The number of nitrogens with one attached hydrogen (secondary N) is 1. The molecule has 2 aromatic rings. The molecule has 26 heavy (non-hydrogen) atoms. The first-order valence-electron chi connectivity index (χ1n) is 8.55. The summed E-state index contributed by atoms with van der Waals surface area (Å²) in [5.41, 5.74) is 0.326. The molecule has 1 amide bonds. The highest BCUT2D eigenvalue weighted by Gasteiger charge is 2.38. The molecule has 138 valence electrons. The smallest absolute Gasteiger partial charge is 0.239 e. The van der Waals surface area contributed by atoms with Gasteiger partial charge in [0.1, 0.15) is 5.92 Å². The average molecular weight is 363 g/mol. The van der Waals surface area contributed by atoms with Crippen molar-refractivity contribution in [3.05, 3.63) is 41.5 Å². The first-order chi connectivity index (χ1) is 12.5. The van der Waals surface area contributed by atoms with Gasteiger partial charge in [-0.15, -0.1) is 0 Å². The van der Waals surface area contributed by atoms with Gasteiger partial charge >= 0.3 is 0 Å². The summed E-state index contributed by atoms with van der Waals surface area (Å²) < 4.78 is 31.9. The van der Waals surface area contributed by atoms with Crippen LogP contribution in [0.25, 0.3) is 0 Å². The molecule has 7 nitrogen and oxygen atoms in total. The SMILES string of the molecule is CN1CCNCC1c1noc(C2CCN(c3ccc(F)c(F)c3)C2=O)n1. The van der Waals surface area contributed by atoms with Crippen LogP contribution < -0.4 is 10.2 Å². The minimum atomic E-state index is -0.980. The number of carbonyl (C=O) groups excluding carboxylic acids is 1. The van der Waals surface area contributed by atoms with Crippen LogP contribution in [0.3, 0.4) is 0 Å². The largest absolute Gasteiger partial charge is 0.338 e. The molecular weight excluding hydrogens is 344 g/mol. The first-order valence-corrected chi connectivity index (χ1v) is 8.55. The van der Waals surface area contributed by atoms with Gasteiger partial charge in [-0.05, 0) is 25.6 Å². The highest BCUT2D eigenvalue weighted by Crippen LogP contribution is 2.32. The van der Waals surface area contributed by atoms with Crippen molar-refractivity contribution in [1.29, 1.82) is 0 Å². The predicted molar refractivity (Wildman–Crippen MR) is 88.6 cm³/mol. The number of likely N-dealkylation sites (N-methyl/N-ethyl adjacent to an activating group) is 1. The molecule has 2 atom stereocenters. The number of carbonyl (C=O) groups is 1. The molecule has 3 heterocycles. The van der Waals surface area contributed by atoms with Crippen LogP contribution in [-0.2, 0) is 4.79 Å². The highest BCUT2D eigenvalue weighted by atomic mass is 19.2. The Hall–Kier alpha value is -2.39. The number of amides is 1. The summed E-state index contributed by atoms with van der Waals surface area (Å²) in [5, 5.41) is 7.33. The van der Waals surface area contributed by atoms with Crippen LogP contribution in [0.1, 0.15) is 30.1 Å². The van der Waals surface area contributed by atoms with E-state index < -0.39 is 17.6 Å². The number of anilines is 1. The number of rotatable bonds is 3. The van der Waals surface area contributed by atoms with E-state index in [0.29, 0.717) is 24.5 Å². The van der Waals surface area contributed by atoms with Gasteiger partial charge < -0.3 is 14.7 Å². The fourth-order valence-corrected chi connectivity index (χ4v) is 3.44. The van der Waals surface area contributed by atoms with Gasteiger partial charge in [0.25, 0.3) is 0 Å². The Morgan fingerprint density at radius 3 is 2.88 bits per heavy atom. The van der Waals surface area contributed by atoms with E-state index in [1.165, 1.54) is 11.0 Å². The maximum atomic E-state index is 13.5. The molecule has 9 heteroatoms. The van der Waals surface area contributed by atoms with Crippen molar-refractivity contribution in [2.75, 3.05) is 38.1 Å². The lowest BCUT2D eigenvalue weighted by atomic mass is 10.1. The highest BCUT2D eigenvalue weighted by molar-refractivity contribution is 5.99. The summed E-state index contributed by atoms with van der Waals surface area (Å²) in [4.78, 5) is 20.7. The zero-order valence-corrected chi connectivity index (χ0v) is 14.3. The summed E-state index contributed by atoms with van der Waals surface area (Å²) in [6, 6.07) is 3.43. The van der Waals surface area contributed by atoms with Crippen LogP contribution in [0.5, 0.6) is 0 Å². The van der Waals surface area contributed by atoms with E-state index in [0.717, 1.165) is 31.8 Å². The molecule has 2 aliphatic heterocycles. The predicted octanol–water partition coefficient (Wildman–Crippen LogP) is 1.44. The lowest BCUT2D eigenvalue weighted by Crippen LogP contribution is -2.44. The Morgan fingerprint density at radius 1 is 1.27 bits per heavy atom. The maximum absolute atomic E-state index is 13.5. The molecule has 2 unspecified atom stereocenters. The minimum Gasteiger partial charge on any atom is -0.338 e. The summed E-state index contributed by atoms with van der Waals surface area (Å²) >= 11 is 0. The van der Waals surface area contributed by atoms with Crippen LogP contribution >= 0.6 is 0 Å². The zero-order valence-electron chi connectivity index (χ0n) is 14.3. The van der Waals surface area contributed by atoms with Gasteiger partial charge in [-0.2, -0.15) is 4.98 Å². The van der Waals surface area contributed by atoms with E-state index in [9.17, 15) is 13.6 Å². The average Bonchev–Trinajstić information content (AvgIpc) is 3.24. The fourth-order valence-electron chi connectivity index (χ4n) is 3.44. The van der Waals surface area contributed by atoms with Gasteiger partial charge in [-0.1, -0.05) is 5.16 Å². The summed E-state index contributed by atoms with van der Waals surface area (Å²) in [6.45, 7) is 2.88. The number of benzene rings is 1. The molecule has 1 N–H and O–H groups in total. The Kier molecular flexibility index (Phi) is 4.41. The monoisotopic (exact) mass is 363 g/mol. The van der Waals surface area contributed by atoms with E-state index in [1.54, 1.807) is 0 Å². The third-order valence-corrected chi connectivity index (χ3v) is 4.98. The third kappa shape index (κ3) is 2.97. The van der Waals surface area contributed by atoms with Gasteiger partial charge in [0, 0.05) is 37.9 Å². The number of halogens is 2. The van der Waals surface area contributed by atoms with Crippen LogP contribution in [0.2, 0.25) is 0 Å². The zero-order chi connectivity index (χ0) is 18.3. The van der Waals surface area contributed by atoms with E-state index in [4.69, 9.17) is 4.52 Å². The molecule has 0 bridgehead atoms. The molecule has 0 radical (unpaired) electrons. The van der Waals surface area contributed by atoms with Crippen LogP contribution in [0, 0.1) is 11.6 Å². The lowest BCUT2D eigenvalue weighted by Gasteiger charge is -2.30. The fraction of sp³-hybridized carbons (Fsp3) is 0.471. The number of hydrogen-bond donors (Lipinski definition) is 1. The Balaban J connectivity index is 1.52. The van der Waals surface area contributed by atoms with Crippen molar-refractivity contribution in [3.8, 4) is 0 Å². The van der Waals surface area contributed by atoms with Gasteiger partial charge in [0.15, 0.2) is 17.5 Å². The van der Waals surface area contributed by atoms with E-state index >= 15 is 0 Å². The number of nitrogens with zero attached hydrogens (tertiary/aromatic N) is 4. The quantitative estimate of drug-likeness (QED) is 0.890. The summed E-state index contributed by atoms with van der Waals surface area (Å²) in [6.07, 6.45) is 0.484. The standard InChI is InChI=1S/C17H19F2N5O2/c1-23-7-5-20-9-14(23)15-21-16(26-22-15)11-4-6-24(17(11)25)10-2-3-12(18)13(19)8-10/h2-3,8,11,14,20H,4-7,9H2,1H3. The van der Waals surface area contributed by atoms with Crippen LogP contribution in [0.15, 0.2) is 22.7 Å². The van der Waals surface area contributed by atoms with Gasteiger partial charge in [0.05, 0.1) is 6.04 Å². The third-order valence-electron chi connectivity index (χ3n) is 4.98. The Labute approximate surface area is 149 Å². The van der Waals surface area contributed by atoms with Crippen molar-refractivity contribution < 1.29 is 18.1 Å². The van der Waals surface area contributed by atoms with Crippen LogP contribution in [-0.4, -0.2) is 54.2 Å². The first kappa shape index (κ1) is 17.0. The maximum Gasteiger partial charge on any atom is 0.239 e. The Bertz CT molecular complexity index is 827. The van der Waals surface area contributed by atoms with Gasteiger partial charge in [-0.3, -0.25) is 9.69 Å². The molecule has 1 aromatic carbocycles. The van der Waals surface area contributed by atoms with Crippen molar-refractivity contribution in [2.45, 2.75) is 18.4 Å². The van der Waals surface area contributed by atoms with Crippen molar-refractivity contribution >= 4 is 11.6 Å². The van der Waals surface area contributed by atoms with E-state index in [2.05, 4.69) is 20.4 Å². The molecule has 2 saturated heterocycles. The van der Waals surface area contributed by atoms with E-state index in [-0.39, 0.29) is 17.8 Å². The number of aromatic nitrogens is 2. The number of hydrogen-bond acceptors (Lipinski definition) is 6. The molecule has 0 saturated carbocycles. The van der Waals surface area contributed by atoms with Crippen molar-refractivity contribution in [2.24, 2.45) is 0 Å². The van der Waals surface area contributed by atoms with Crippen LogP contribution in [0.4, 0.5) is 14.5 Å². The topological polar surface area (TPSA) is 74.5 Å². The second-order valence-corrected chi connectivity index (χ2v) is 6.62. The number of piperazine rings is 1. The van der Waals surface area contributed by atoms with Crippen molar-refractivity contribution in [3.63, 3.8) is 0 Å². The van der Waals surface area contributed by atoms with E-state index in [1.807, 2.05) is 7.05 Å². The summed E-state index contributed by atoms with van der Waals surface area (Å²) in [5.74, 6) is -1.91. The van der Waals surface area contributed by atoms with Gasteiger partial charge in [0.2, 0.25) is 11.8 Å². The molecular formula is C17H19F2N5O2. The molecule has 4 rings (SSSR count). The summed E-state index contributed by atoms with van der Waals surface area (Å²) in [7, 11) is 1.99. The second kappa shape index (κ2) is 6.73. The lowest BCUT2D eigenvalue weighted by molar-refractivity contribution is -0.118. The molecule has 0 aliphatic carbocycles. The Morgan fingerprint density at radius 2 is 2.12 bits per heavy atom. The van der Waals surface area contributed by atoms with Gasteiger partial charge in [-0.25, -0.2) is 8.78 Å². The minimum absolute atomic E-state index is 0.0000487. The molecule has 1 aromatic heterocycles. The normalized spacial score (nSPS) is 24.4. The molecule has 0 spiro atoms. The molecule has 2 aliphatic rings.